The van der Waals surface area contributed by atoms with Crippen LogP contribution in [0.15, 0.2) is 120 Å². The molecule has 7 aromatic rings. The highest BCUT2D eigenvalue weighted by Crippen LogP contribution is 2.62. The molecule has 0 saturated heterocycles. The molecule has 2 aliphatic rings. The lowest BCUT2D eigenvalue weighted by atomic mass is 9.74. The van der Waals surface area contributed by atoms with Crippen LogP contribution < -0.4 is 0 Å². The lowest BCUT2D eigenvalue weighted by Crippen LogP contribution is -2.29. The Hall–Kier alpha value is -5.60. The second kappa shape index (κ2) is 8.45. The molecule has 0 atom stereocenters. The monoisotopic (exact) mass is 538 g/mol. The van der Waals surface area contributed by atoms with Gasteiger partial charge in [-0.2, -0.15) is 5.26 Å². The number of para-hydroxylation sites is 1. The minimum atomic E-state index is -0.505. The lowest BCUT2D eigenvalue weighted by molar-refractivity contribution is 0.588. The van der Waals surface area contributed by atoms with Crippen molar-refractivity contribution in [3.63, 3.8) is 0 Å². The second-order valence-electron chi connectivity index (χ2n) is 11.1. The van der Waals surface area contributed by atoms with Crippen LogP contribution in [0.2, 0.25) is 0 Å². The SMILES string of the molecule is N#Cc1ccccc1-c1nc(-c2ccc3c(c2)oc2ccccc23)nc(C23CC(c4ccccc42)c2ccccc23)n1. The van der Waals surface area contributed by atoms with E-state index in [1.165, 1.54) is 22.3 Å². The predicted octanol–water partition coefficient (Wildman–Crippen LogP) is 8.16. The number of fused-ring (bicyclic) bond motifs is 11. The fourth-order valence-electron chi connectivity index (χ4n) is 7.23. The van der Waals surface area contributed by atoms with Gasteiger partial charge in [0.15, 0.2) is 11.6 Å². The minimum absolute atomic E-state index is 0.291. The van der Waals surface area contributed by atoms with Crippen LogP contribution in [-0.2, 0) is 5.41 Å². The molecule has 5 nitrogen and oxygen atoms in total. The van der Waals surface area contributed by atoms with Crippen molar-refractivity contribution in [1.29, 1.82) is 5.26 Å². The third-order valence-corrected chi connectivity index (χ3v) is 9.04. The van der Waals surface area contributed by atoms with Crippen LogP contribution in [-0.4, -0.2) is 15.0 Å². The fourth-order valence-corrected chi connectivity index (χ4v) is 7.23. The fraction of sp³-hybridized carbons (Fsp3) is 0.0811. The molecule has 0 amide bonds. The highest BCUT2D eigenvalue weighted by Gasteiger charge is 2.55. The minimum Gasteiger partial charge on any atom is -0.456 e. The molecule has 0 fully saturated rings. The summed E-state index contributed by atoms with van der Waals surface area (Å²) >= 11 is 0. The molecule has 9 rings (SSSR count). The van der Waals surface area contributed by atoms with E-state index >= 15 is 0 Å². The van der Waals surface area contributed by atoms with Crippen molar-refractivity contribution >= 4 is 21.9 Å². The summed E-state index contributed by atoms with van der Waals surface area (Å²) in [4.78, 5) is 15.4. The Labute approximate surface area is 241 Å². The summed E-state index contributed by atoms with van der Waals surface area (Å²) < 4.78 is 6.22. The Kier molecular flexibility index (Phi) is 4.66. The first-order valence-corrected chi connectivity index (χ1v) is 14.1. The van der Waals surface area contributed by atoms with E-state index < -0.39 is 5.41 Å². The number of hydrogen-bond acceptors (Lipinski definition) is 5. The Morgan fingerprint density at radius 2 is 1.33 bits per heavy atom. The van der Waals surface area contributed by atoms with Crippen molar-refractivity contribution in [2.24, 2.45) is 0 Å². The maximum absolute atomic E-state index is 9.96. The zero-order chi connectivity index (χ0) is 27.8. The average Bonchev–Trinajstić information content (AvgIpc) is 3.72. The normalized spacial score (nSPS) is 18.2. The van der Waals surface area contributed by atoms with E-state index in [0.717, 1.165) is 33.9 Å². The second-order valence-corrected chi connectivity index (χ2v) is 11.1. The molecule has 0 N–H and O–H groups in total. The van der Waals surface area contributed by atoms with Crippen molar-refractivity contribution in [2.75, 3.05) is 0 Å². The van der Waals surface area contributed by atoms with Gasteiger partial charge >= 0.3 is 0 Å². The van der Waals surface area contributed by atoms with Crippen molar-refractivity contribution < 1.29 is 4.42 Å². The van der Waals surface area contributed by atoms with Crippen LogP contribution in [0.5, 0.6) is 0 Å². The quantitative estimate of drug-likeness (QED) is 0.227. The lowest BCUT2D eigenvalue weighted by Gasteiger charge is -2.30. The largest absolute Gasteiger partial charge is 0.456 e. The summed E-state index contributed by atoms with van der Waals surface area (Å²) in [5.74, 6) is 2.06. The van der Waals surface area contributed by atoms with E-state index in [9.17, 15) is 5.26 Å². The highest BCUT2D eigenvalue weighted by atomic mass is 16.3. The molecule has 0 saturated carbocycles. The van der Waals surface area contributed by atoms with Crippen LogP contribution >= 0.6 is 0 Å². The van der Waals surface area contributed by atoms with Crippen LogP contribution in [0.1, 0.15) is 46.0 Å². The van der Waals surface area contributed by atoms with Gasteiger partial charge in [0.05, 0.1) is 17.0 Å². The van der Waals surface area contributed by atoms with Gasteiger partial charge in [0.1, 0.15) is 17.0 Å². The summed E-state index contributed by atoms with van der Waals surface area (Å²) in [6.07, 6.45) is 0.872. The number of benzene rings is 5. The van der Waals surface area contributed by atoms with Crippen LogP contribution in [0.25, 0.3) is 44.7 Å². The zero-order valence-electron chi connectivity index (χ0n) is 22.5. The maximum atomic E-state index is 9.96. The molecule has 196 valence electrons. The maximum Gasteiger partial charge on any atom is 0.165 e. The molecule has 5 aromatic carbocycles. The molecule has 2 bridgehead atoms. The Balaban J connectivity index is 1.33. The zero-order valence-corrected chi connectivity index (χ0v) is 22.5. The van der Waals surface area contributed by atoms with Gasteiger partial charge in [-0.1, -0.05) is 84.9 Å². The standard InChI is InChI=1S/C37H22N4O/c38-21-23-9-1-2-10-24(23)35-39-34(22-17-18-28-27-13-5-8-16-32(27)42-33(28)19-22)40-36(41-35)37-20-29(25-11-3-6-14-30(25)37)26-12-4-7-15-31(26)37/h1-19,29H,20H2. The van der Waals surface area contributed by atoms with Gasteiger partial charge < -0.3 is 4.42 Å². The topological polar surface area (TPSA) is 75.6 Å². The van der Waals surface area contributed by atoms with E-state index in [1.54, 1.807) is 0 Å². The summed E-state index contributed by atoms with van der Waals surface area (Å²) in [5.41, 5.74) is 8.35. The molecule has 2 heterocycles. The molecule has 5 heteroatoms. The number of furan rings is 1. The van der Waals surface area contributed by atoms with Gasteiger partial charge in [-0.25, -0.2) is 15.0 Å². The van der Waals surface area contributed by atoms with E-state index in [1.807, 2.05) is 48.5 Å². The van der Waals surface area contributed by atoms with Gasteiger partial charge in [0.25, 0.3) is 0 Å². The summed E-state index contributed by atoms with van der Waals surface area (Å²) in [6.45, 7) is 0. The molecule has 2 aliphatic carbocycles. The first-order valence-electron chi connectivity index (χ1n) is 14.1. The third kappa shape index (κ3) is 3.04. The van der Waals surface area contributed by atoms with Gasteiger partial charge in [0.2, 0.25) is 0 Å². The Bertz CT molecular complexity index is 2230. The third-order valence-electron chi connectivity index (χ3n) is 9.04. The van der Waals surface area contributed by atoms with Crippen LogP contribution in [0.4, 0.5) is 0 Å². The van der Waals surface area contributed by atoms with E-state index in [0.29, 0.717) is 34.5 Å². The molecule has 42 heavy (non-hydrogen) atoms. The predicted molar refractivity (Wildman–Crippen MR) is 162 cm³/mol. The van der Waals surface area contributed by atoms with Crippen LogP contribution in [0, 0.1) is 11.3 Å². The number of nitriles is 1. The molecular weight excluding hydrogens is 516 g/mol. The van der Waals surface area contributed by atoms with Crippen molar-refractivity contribution in [2.45, 2.75) is 17.8 Å². The van der Waals surface area contributed by atoms with E-state index in [-0.39, 0.29) is 0 Å². The number of nitrogens with zero attached hydrogens (tertiary/aromatic N) is 4. The number of aromatic nitrogens is 3. The molecular formula is C37H22N4O. The van der Waals surface area contributed by atoms with Gasteiger partial charge in [0, 0.05) is 27.8 Å². The van der Waals surface area contributed by atoms with E-state index in [2.05, 4.69) is 72.8 Å². The number of hydrogen-bond donors (Lipinski definition) is 0. The smallest absolute Gasteiger partial charge is 0.165 e. The van der Waals surface area contributed by atoms with Gasteiger partial charge in [-0.05, 0) is 59.0 Å². The summed E-state index contributed by atoms with van der Waals surface area (Å²) in [6, 6.07) is 41.4. The molecule has 0 unspecified atom stereocenters. The first-order chi connectivity index (χ1) is 20.7. The van der Waals surface area contributed by atoms with Crippen molar-refractivity contribution in [1.82, 2.24) is 15.0 Å². The van der Waals surface area contributed by atoms with Gasteiger partial charge in [-0.15, -0.1) is 0 Å². The number of rotatable bonds is 3. The average molecular weight is 539 g/mol. The van der Waals surface area contributed by atoms with Crippen LogP contribution in [0.3, 0.4) is 0 Å². The van der Waals surface area contributed by atoms with E-state index in [4.69, 9.17) is 19.4 Å². The first kappa shape index (κ1) is 23.1. The summed E-state index contributed by atoms with van der Waals surface area (Å²) in [7, 11) is 0. The summed E-state index contributed by atoms with van der Waals surface area (Å²) in [5, 5.41) is 12.1. The highest BCUT2D eigenvalue weighted by molar-refractivity contribution is 6.05. The molecule has 0 aliphatic heterocycles. The van der Waals surface area contributed by atoms with Crippen molar-refractivity contribution in [3.8, 4) is 28.8 Å². The van der Waals surface area contributed by atoms with Crippen molar-refractivity contribution in [3.05, 3.63) is 149 Å². The molecule has 0 radical (unpaired) electrons. The molecule has 0 spiro atoms. The Morgan fingerprint density at radius 1 is 0.667 bits per heavy atom. The molecule has 2 aromatic heterocycles. The Morgan fingerprint density at radius 3 is 2.14 bits per heavy atom. The van der Waals surface area contributed by atoms with Gasteiger partial charge in [-0.3, -0.25) is 0 Å².